The van der Waals surface area contributed by atoms with Crippen molar-refractivity contribution in [2.24, 2.45) is 5.92 Å². The molecular formula is C15H15N3OS. The van der Waals surface area contributed by atoms with Crippen molar-refractivity contribution in [1.29, 1.82) is 0 Å². The third-order valence-corrected chi connectivity index (χ3v) is 4.39. The molecule has 1 aromatic heterocycles. The predicted octanol–water partition coefficient (Wildman–Crippen LogP) is 3.05. The zero-order valence-electron chi connectivity index (χ0n) is 11.2. The van der Waals surface area contributed by atoms with E-state index in [4.69, 9.17) is 0 Å². The highest BCUT2D eigenvalue weighted by molar-refractivity contribution is 7.18. The largest absolute Gasteiger partial charge is 0.286 e. The summed E-state index contributed by atoms with van der Waals surface area (Å²) in [6, 6.07) is 8.13. The number of carbonyl (C=O) groups excluding carboxylic acids is 1. The highest BCUT2D eigenvalue weighted by atomic mass is 32.1. The van der Waals surface area contributed by atoms with Crippen LogP contribution in [0, 0.1) is 12.8 Å². The number of hydrogen-bond donors (Lipinski definition) is 0. The Morgan fingerprint density at radius 3 is 3.00 bits per heavy atom. The van der Waals surface area contributed by atoms with Crippen molar-refractivity contribution in [1.82, 2.24) is 10.2 Å². The summed E-state index contributed by atoms with van der Waals surface area (Å²) in [4.78, 5) is 13.7. The van der Waals surface area contributed by atoms with Crippen LogP contribution in [-0.2, 0) is 4.79 Å². The van der Waals surface area contributed by atoms with Crippen LogP contribution in [0.4, 0.5) is 5.13 Å². The first-order chi connectivity index (χ1) is 9.67. The average molecular weight is 285 g/mol. The second-order valence-corrected chi connectivity index (χ2v) is 5.92. The fourth-order valence-electron chi connectivity index (χ4n) is 2.30. The molecule has 2 heterocycles. The molecule has 1 saturated heterocycles. The van der Waals surface area contributed by atoms with Crippen LogP contribution >= 0.6 is 11.3 Å². The number of benzene rings is 1. The first-order valence-electron chi connectivity index (χ1n) is 6.51. The van der Waals surface area contributed by atoms with Crippen molar-refractivity contribution in [2.75, 3.05) is 11.4 Å². The molecule has 0 saturated carbocycles. The molecule has 4 nitrogen and oxygen atoms in total. The first kappa shape index (κ1) is 13.0. The van der Waals surface area contributed by atoms with E-state index in [0.717, 1.165) is 10.6 Å². The Bertz CT molecular complexity index is 665. The van der Waals surface area contributed by atoms with Gasteiger partial charge in [0.05, 0.1) is 0 Å². The van der Waals surface area contributed by atoms with Crippen molar-refractivity contribution in [3.8, 4) is 10.6 Å². The van der Waals surface area contributed by atoms with E-state index >= 15 is 0 Å². The van der Waals surface area contributed by atoms with Crippen molar-refractivity contribution in [2.45, 2.75) is 13.3 Å². The molecule has 0 radical (unpaired) electrons. The average Bonchev–Trinajstić information content (AvgIpc) is 3.05. The van der Waals surface area contributed by atoms with E-state index in [9.17, 15) is 4.79 Å². The Kier molecular flexibility index (Phi) is 3.36. The lowest BCUT2D eigenvalue weighted by Crippen LogP contribution is -2.24. The quantitative estimate of drug-likeness (QED) is 0.814. The van der Waals surface area contributed by atoms with Gasteiger partial charge in [-0.15, -0.1) is 16.8 Å². The molecule has 5 heteroatoms. The molecule has 20 heavy (non-hydrogen) atoms. The number of aryl methyl sites for hydroxylation is 1. The molecule has 0 spiro atoms. The molecule has 3 rings (SSSR count). The molecule has 1 fully saturated rings. The fourth-order valence-corrected chi connectivity index (χ4v) is 3.16. The molecule has 1 atom stereocenters. The SMILES string of the molecule is C=CC1CC(=O)N(c2nnc(-c3cccc(C)c3)s2)C1. The second kappa shape index (κ2) is 5.17. The van der Waals surface area contributed by atoms with E-state index in [0.29, 0.717) is 18.1 Å². The van der Waals surface area contributed by atoms with Crippen LogP contribution in [0.15, 0.2) is 36.9 Å². The number of amides is 1. The van der Waals surface area contributed by atoms with Crippen molar-refractivity contribution in [3.63, 3.8) is 0 Å². The van der Waals surface area contributed by atoms with Gasteiger partial charge in [-0.25, -0.2) is 0 Å². The minimum atomic E-state index is 0.0989. The Hall–Kier alpha value is -2.01. The smallest absolute Gasteiger partial charge is 0.229 e. The monoisotopic (exact) mass is 285 g/mol. The Morgan fingerprint density at radius 2 is 2.30 bits per heavy atom. The summed E-state index contributed by atoms with van der Waals surface area (Å²) >= 11 is 1.46. The zero-order valence-corrected chi connectivity index (χ0v) is 12.1. The van der Waals surface area contributed by atoms with Crippen molar-refractivity contribution < 1.29 is 4.79 Å². The fraction of sp³-hybridized carbons (Fsp3) is 0.267. The number of hydrogen-bond acceptors (Lipinski definition) is 4. The highest BCUT2D eigenvalue weighted by Crippen LogP contribution is 2.32. The van der Waals surface area contributed by atoms with Gasteiger partial charge >= 0.3 is 0 Å². The van der Waals surface area contributed by atoms with E-state index in [1.165, 1.54) is 16.9 Å². The van der Waals surface area contributed by atoms with Crippen LogP contribution < -0.4 is 4.90 Å². The van der Waals surface area contributed by atoms with Gasteiger partial charge in [0.25, 0.3) is 0 Å². The minimum Gasteiger partial charge on any atom is -0.286 e. The summed E-state index contributed by atoms with van der Waals surface area (Å²) in [6.07, 6.45) is 2.35. The Balaban J connectivity index is 1.87. The summed E-state index contributed by atoms with van der Waals surface area (Å²) in [5.41, 5.74) is 2.23. The van der Waals surface area contributed by atoms with Gasteiger partial charge in [0.1, 0.15) is 5.01 Å². The molecule has 1 unspecified atom stereocenters. The standard InChI is InChI=1S/C15H15N3OS/c1-3-11-8-13(19)18(9-11)15-17-16-14(20-15)12-6-4-5-10(2)7-12/h3-7,11H,1,8-9H2,2H3. The molecule has 1 amide bonds. The van der Waals surface area contributed by atoms with Crippen LogP contribution in [0.5, 0.6) is 0 Å². The van der Waals surface area contributed by atoms with Crippen LogP contribution in [0.2, 0.25) is 0 Å². The van der Waals surface area contributed by atoms with Gasteiger partial charge in [-0.05, 0) is 13.0 Å². The molecule has 1 aromatic carbocycles. The van der Waals surface area contributed by atoms with E-state index in [1.807, 2.05) is 31.2 Å². The van der Waals surface area contributed by atoms with Gasteiger partial charge < -0.3 is 0 Å². The van der Waals surface area contributed by atoms with Crippen LogP contribution in [0.3, 0.4) is 0 Å². The number of carbonyl (C=O) groups is 1. The van der Waals surface area contributed by atoms with Crippen LogP contribution in [-0.4, -0.2) is 22.6 Å². The maximum atomic E-state index is 12.0. The summed E-state index contributed by atoms with van der Waals surface area (Å²) in [6.45, 7) is 6.46. The summed E-state index contributed by atoms with van der Waals surface area (Å²) in [5, 5.41) is 9.89. The lowest BCUT2D eigenvalue weighted by Gasteiger charge is -2.10. The molecule has 0 N–H and O–H groups in total. The topological polar surface area (TPSA) is 46.1 Å². The van der Waals surface area contributed by atoms with Gasteiger partial charge in [-0.2, -0.15) is 0 Å². The minimum absolute atomic E-state index is 0.0989. The Labute approximate surface area is 121 Å². The molecule has 102 valence electrons. The van der Waals surface area contributed by atoms with Gasteiger partial charge in [-0.1, -0.05) is 41.2 Å². The lowest BCUT2D eigenvalue weighted by molar-refractivity contribution is -0.117. The number of nitrogens with zero attached hydrogens (tertiary/aromatic N) is 3. The molecule has 0 aliphatic carbocycles. The van der Waals surface area contributed by atoms with Crippen molar-refractivity contribution >= 4 is 22.4 Å². The van der Waals surface area contributed by atoms with Gasteiger partial charge in [0.2, 0.25) is 11.0 Å². The highest BCUT2D eigenvalue weighted by Gasteiger charge is 2.31. The summed E-state index contributed by atoms with van der Waals surface area (Å²) in [7, 11) is 0. The van der Waals surface area contributed by atoms with Crippen molar-refractivity contribution in [3.05, 3.63) is 42.5 Å². The first-order valence-corrected chi connectivity index (χ1v) is 7.32. The molecule has 2 aromatic rings. The van der Waals surface area contributed by atoms with E-state index in [-0.39, 0.29) is 11.8 Å². The predicted molar refractivity (Wildman–Crippen MR) is 80.7 cm³/mol. The normalized spacial score (nSPS) is 18.6. The summed E-state index contributed by atoms with van der Waals surface area (Å²) < 4.78 is 0. The number of aromatic nitrogens is 2. The Morgan fingerprint density at radius 1 is 1.45 bits per heavy atom. The molecule has 0 bridgehead atoms. The third kappa shape index (κ3) is 2.36. The van der Waals surface area contributed by atoms with E-state index < -0.39 is 0 Å². The summed E-state index contributed by atoms with van der Waals surface area (Å²) in [5.74, 6) is 0.315. The van der Waals surface area contributed by atoms with E-state index in [2.05, 4.69) is 22.8 Å². The van der Waals surface area contributed by atoms with Crippen LogP contribution in [0.1, 0.15) is 12.0 Å². The van der Waals surface area contributed by atoms with E-state index in [1.54, 1.807) is 4.90 Å². The van der Waals surface area contributed by atoms with Gasteiger partial charge in [0, 0.05) is 24.4 Å². The zero-order chi connectivity index (χ0) is 14.1. The van der Waals surface area contributed by atoms with Gasteiger partial charge in [0.15, 0.2) is 0 Å². The molecule has 1 aliphatic rings. The maximum Gasteiger partial charge on any atom is 0.229 e. The molecular weight excluding hydrogens is 270 g/mol. The van der Waals surface area contributed by atoms with Crippen LogP contribution in [0.25, 0.3) is 10.6 Å². The number of rotatable bonds is 3. The van der Waals surface area contributed by atoms with Gasteiger partial charge in [-0.3, -0.25) is 9.69 Å². The maximum absolute atomic E-state index is 12.0. The third-order valence-electron chi connectivity index (χ3n) is 3.40. The molecule has 1 aliphatic heterocycles. The number of anilines is 1. The lowest BCUT2D eigenvalue weighted by atomic mass is 10.1. The second-order valence-electron chi connectivity index (χ2n) is 4.96.